The van der Waals surface area contributed by atoms with Crippen molar-refractivity contribution in [2.75, 3.05) is 13.2 Å². The number of hydrogen-bond acceptors (Lipinski definition) is 3. The van der Waals surface area contributed by atoms with Crippen molar-refractivity contribution in [1.82, 2.24) is 5.32 Å². The number of aliphatic hydroxyl groups excluding tert-OH is 2. The van der Waals surface area contributed by atoms with E-state index in [1.165, 1.54) is 0 Å². The number of unbranched alkanes of at least 4 members (excludes halogenated alkanes) is 1. The predicted octanol–water partition coefficient (Wildman–Crippen LogP) is 0.282. The zero-order valence-corrected chi connectivity index (χ0v) is 8.99. The van der Waals surface area contributed by atoms with E-state index in [-0.39, 0.29) is 18.4 Å². The van der Waals surface area contributed by atoms with Gasteiger partial charge in [-0.25, -0.2) is 0 Å². The van der Waals surface area contributed by atoms with Crippen molar-refractivity contribution in [3.8, 4) is 0 Å². The summed E-state index contributed by atoms with van der Waals surface area (Å²) in [6.45, 7) is 4.25. The van der Waals surface area contributed by atoms with E-state index in [2.05, 4.69) is 5.32 Å². The summed E-state index contributed by atoms with van der Waals surface area (Å²) in [5.74, 6) is 0.103. The van der Waals surface area contributed by atoms with Gasteiger partial charge < -0.3 is 15.5 Å². The largest absolute Gasteiger partial charge is 0.396 e. The van der Waals surface area contributed by atoms with Crippen molar-refractivity contribution in [3.63, 3.8) is 0 Å². The summed E-state index contributed by atoms with van der Waals surface area (Å²) in [7, 11) is 0. The Kier molecular flexibility index (Phi) is 7.42. The summed E-state index contributed by atoms with van der Waals surface area (Å²) in [6.07, 6.45) is 1.29. The van der Waals surface area contributed by atoms with Gasteiger partial charge in [0.25, 0.3) is 0 Å². The Balaban J connectivity index is 3.44. The van der Waals surface area contributed by atoms with Crippen molar-refractivity contribution in [2.45, 2.75) is 39.2 Å². The average Bonchev–Trinajstić information content (AvgIpc) is 2.14. The summed E-state index contributed by atoms with van der Waals surface area (Å²) in [6, 6.07) is 0. The fourth-order valence-electron chi connectivity index (χ4n) is 0.940. The van der Waals surface area contributed by atoms with Crippen LogP contribution in [0.2, 0.25) is 0 Å². The number of carbonyl (C=O) groups excluding carboxylic acids is 1. The maximum absolute atomic E-state index is 11.1. The van der Waals surface area contributed by atoms with Gasteiger partial charge in [-0.15, -0.1) is 0 Å². The van der Waals surface area contributed by atoms with Crippen LogP contribution in [0.1, 0.15) is 33.1 Å². The smallest absolute Gasteiger partial charge is 0.220 e. The Labute approximate surface area is 85.3 Å². The van der Waals surface area contributed by atoms with E-state index in [0.29, 0.717) is 25.8 Å². The first kappa shape index (κ1) is 13.4. The number of rotatable bonds is 7. The lowest BCUT2D eigenvalue weighted by molar-refractivity contribution is -0.121. The van der Waals surface area contributed by atoms with Gasteiger partial charge in [0.05, 0.1) is 6.10 Å². The Morgan fingerprint density at radius 2 is 2.00 bits per heavy atom. The fourth-order valence-corrected chi connectivity index (χ4v) is 0.940. The first-order chi connectivity index (χ1) is 6.57. The molecule has 4 nitrogen and oxygen atoms in total. The minimum Gasteiger partial charge on any atom is -0.396 e. The lowest BCUT2D eigenvalue weighted by Gasteiger charge is -2.14. The highest BCUT2D eigenvalue weighted by molar-refractivity contribution is 5.75. The quantitative estimate of drug-likeness (QED) is 0.521. The molecule has 1 amide bonds. The van der Waals surface area contributed by atoms with E-state index >= 15 is 0 Å². The molecule has 84 valence electrons. The second kappa shape index (κ2) is 7.76. The van der Waals surface area contributed by atoms with Crippen molar-refractivity contribution < 1.29 is 15.0 Å². The molecule has 0 saturated carbocycles. The van der Waals surface area contributed by atoms with Crippen LogP contribution in [0.4, 0.5) is 0 Å². The maximum Gasteiger partial charge on any atom is 0.220 e. The molecule has 3 N–H and O–H groups in total. The molecule has 0 fully saturated rings. The Morgan fingerprint density at radius 3 is 2.50 bits per heavy atom. The molecule has 0 rings (SSSR count). The topological polar surface area (TPSA) is 69.6 Å². The van der Waals surface area contributed by atoms with Gasteiger partial charge in [-0.1, -0.05) is 13.8 Å². The molecule has 0 aliphatic heterocycles. The zero-order chi connectivity index (χ0) is 11.0. The summed E-state index contributed by atoms with van der Waals surface area (Å²) in [4.78, 5) is 11.1. The molecule has 4 heteroatoms. The van der Waals surface area contributed by atoms with Gasteiger partial charge in [-0.3, -0.25) is 4.79 Å². The van der Waals surface area contributed by atoms with E-state index in [1.54, 1.807) is 0 Å². The first-order valence-corrected chi connectivity index (χ1v) is 5.13. The number of amides is 1. The molecule has 0 saturated heterocycles. The molecule has 0 aromatic heterocycles. The van der Waals surface area contributed by atoms with Crippen molar-refractivity contribution in [2.24, 2.45) is 5.92 Å². The second-order valence-corrected chi connectivity index (χ2v) is 3.80. The standard InChI is InChI=1S/C10H21NO3/c1-8(2)9(13)7-11-10(14)5-3-4-6-12/h8-9,12-13H,3-7H2,1-2H3,(H,11,14). The molecule has 0 aromatic carbocycles. The predicted molar refractivity (Wildman–Crippen MR) is 54.8 cm³/mol. The van der Waals surface area contributed by atoms with Gasteiger partial charge in [0.2, 0.25) is 5.91 Å². The van der Waals surface area contributed by atoms with Crippen LogP contribution in [0, 0.1) is 5.92 Å². The molecule has 14 heavy (non-hydrogen) atoms. The second-order valence-electron chi connectivity index (χ2n) is 3.80. The molecule has 0 aliphatic carbocycles. The number of aliphatic hydroxyl groups is 2. The van der Waals surface area contributed by atoms with Crippen LogP contribution in [-0.4, -0.2) is 35.4 Å². The number of hydrogen-bond donors (Lipinski definition) is 3. The Morgan fingerprint density at radius 1 is 1.36 bits per heavy atom. The van der Waals surface area contributed by atoms with Gasteiger partial charge in [-0.2, -0.15) is 0 Å². The summed E-state index contributed by atoms with van der Waals surface area (Å²) in [5.41, 5.74) is 0. The van der Waals surface area contributed by atoms with Crippen LogP contribution in [0.15, 0.2) is 0 Å². The summed E-state index contributed by atoms with van der Waals surface area (Å²) in [5, 5.41) is 20.5. The molecule has 1 unspecified atom stereocenters. The molecule has 0 aliphatic rings. The van der Waals surface area contributed by atoms with E-state index in [4.69, 9.17) is 5.11 Å². The summed E-state index contributed by atoms with van der Waals surface area (Å²) >= 11 is 0. The molecule has 0 bridgehead atoms. The SMILES string of the molecule is CC(C)C(O)CNC(=O)CCCCO. The number of carbonyl (C=O) groups is 1. The maximum atomic E-state index is 11.1. The third-order valence-electron chi connectivity index (χ3n) is 2.09. The molecular formula is C10H21NO3. The molecule has 0 aromatic rings. The minimum atomic E-state index is -0.475. The van der Waals surface area contributed by atoms with E-state index < -0.39 is 6.10 Å². The first-order valence-electron chi connectivity index (χ1n) is 5.13. The molecular weight excluding hydrogens is 182 g/mol. The van der Waals surface area contributed by atoms with E-state index in [1.807, 2.05) is 13.8 Å². The van der Waals surface area contributed by atoms with Crippen LogP contribution in [0.5, 0.6) is 0 Å². The van der Waals surface area contributed by atoms with Crippen LogP contribution in [0.3, 0.4) is 0 Å². The van der Waals surface area contributed by atoms with Gasteiger partial charge in [0, 0.05) is 19.6 Å². The number of nitrogens with one attached hydrogen (secondary N) is 1. The van der Waals surface area contributed by atoms with Crippen LogP contribution < -0.4 is 5.32 Å². The third-order valence-corrected chi connectivity index (χ3v) is 2.09. The minimum absolute atomic E-state index is 0.0573. The van der Waals surface area contributed by atoms with Crippen LogP contribution in [-0.2, 0) is 4.79 Å². The van der Waals surface area contributed by atoms with Crippen molar-refractivity contribution in [3.05, 3.63) is 0 Å². The van der Waals surface area contributed by atoms with E-state index in [9.17, 15) is 9.90 Å². The third kappa shape index (κ3) is 6.86. The molecule has 0 heterocycles. The lowest BCUT2D eigenvalue weighted by Crippen LogP contribution is -2.34. The zero-order valence-electron chi connectivity index (χ0n) is 8.99. The summed E-state index contributed by atoms with van der Waals surface area (Å²) < 4.78 is 0. The molecule has 0 radical (unpaired) electrons. The highest BCUT2D eigenvalue weighted by Crippen LogP contribution is 1.99. The lowest BCUT2D eigenvalue weighted by atomic mass is 10.1. The monoisotopic (exact) mass is 203 g/mol. The van der Waals surface area contributed by atoms with Gasteiger partial charge in [0.1, 0.15) is 0 Å². The fraction of sp³-hybridized carbons (Fsp3) is 0.900. The van der Waals surface area contributed by atoms with Crippen LogP contribution in [0.25, 0.3) is 0 Å². The van der Waals surface area contributed by atoms with Crippen molar-refractivity contribution >= 4 is 5.91 Å². The highest BCUT2D eigenvalue weighted by Gasteiger charge is 2.10. The highest BCUT2D eigenvalue weighted by atomic mass is 16.3. The van der Waals surface area contributed by atoms with Crippen molar-refractivity contribution in [1.29, 1.82) is 0 Å². The van der Waals surface area contributed by atoms with Gasteiger partial charge in [-0.05, 0) is 18.8 Å². The van der Waals surface area contributed by atoms with Gasteiger partial charge >= 0.3 is 0 Å². The molecule has 1 atom stereocenters. The molecule has 0 spiro atoms. The van der Waals surface area contributed by atoms with E-state index in [0.717, 1.165) is 0 Å². The normalized spacial score (nSPS) is 12.9. The van der Waals surface area contributed by atoms with Crippen LogP contribution >= 0.6 is 0 Å². The Hall–Kier alpha value is -0.610. The van der Waals surface area contributed by atoms with Gasteiger partial charge in [0.15, 0.2) is 0 Å². The Bertz CT molecular complexity index is 159. The average molecular weight is 203 g/mol.